The van der Waals surface area contributed by atoms with Crippen LogP contribution in [0.15, 0.2) is 53.4 Å². The quantitative estimate of drug-likeness (QED) is 0.853. The van der Waals surface area contributed by atoms with Crippen LogP contribution in [0.2, 0.25) is 0 Å². The molecule has 18 heavy (non-hydrogen) atoms. The van der Waals surface area contributed by atoms with Crippen LogP contribution in [0.1, 0.15) is 18.0 Å². The number of hydrogen-bond donors (Lipinski definition) is 1. The largest absolute Gasteiger partial charge is 0.378 e. The number of anilines is 1. The van der Waals surface area contributed by atoms with Gasteiger partial charge in [-0.3, -0.25) is 0 Å². The number of benzene rings is 2. The summed E-state index contributed by atoms with van der Waals surface area (Å²) in [6.45, 7) is 0. The molecule has 0 aliphatic carbocycles. The lowest BCUT2D eigenvalue weighted by atomic mass is 10.0. The first kappa shape index (κ1) is 11.6. The first-order valence-electron chi connectivity index (χ1n) is 6.07. The fourth-order valence-corrected chi connectivity index (χ4v) is 3.41. The van der Waals surface area contributed by atoms with Crippen LogP contribution in [0.3, 0.4) is 0 Å². The van der Waals surface area contributed by atoms with Gasteiger partial charge in [-0.2, -0.15) is 0 Å². The summed E-state index contributed by atoms with van der Waals surface area (Å²) < 4.78 is 13.7. The van der Waals surface area contributed by atoms with Crippen LogP contribution >= 0.6 is 11.8 Å². The van der Waals surface area contributed by atoms with Crippen molar-refractivity contribution in [3.05, 3.63) is 59.9 Å². The number of hydrogen-bond acceptors (Lipinski definition) is 2. The van der Waals surface area contributed by atoms with Crippen molar-refractivity contribution in [1.82, 2.24) is 0 Å². The third kappa shape index (κ3) is 2.23. The Morgan fingerprint density at radius 1 is 1.06 bits per heavy atom. The van der Waals surface area contributed by atoms with E-state index in [-0.39, 0.29) is 11.9 Å². The predicted octanol–water partition coefficient (Wildman–Crippen LogP) is 4.47. The van der Waals surface area contributed by atoms with Crippen molar-refractivity contribution in [1.29, 1.82) is 0 Å². The van der Waals surface area contributed by atoms with Crippen molar-refractivity contribution < 1.29 is 4.39 Å². The highest BCUT2D eigenvalue weighted by atomic mass is 32.2. The minimum Gasteiger partial charge on any atom is -0.378 e. The lowest BCUT2D eigenvalue weighted by Crippen LogP contribution is -2.16. The van der Waals surface area contributed by atoms with Crippen molar-refractivity contribution in [2.24, 2.45) is 0 Å². The van der Waals surface area contributed by atoms with Crippen LogP contribution in [0.25, 0.3) is 0 Å². The standard InChI is InChI=1S/C15H14FNS/c16-13-8-4-7-12-14(9-10-18-15(12)13)17-11-5-2-1-3-6-11/h1-8,14,17H,9-10H2. The lowest BCUT2D eigenvalue weighted by Gasteiger charge is -2.27. The molecule has 2 aromatic carbocycles. The number of thioether (sulfide) groups is 1. The molecule has 1 aliphatic heterocycles. The zero-order valence-corrected chi connectivity index (χ0v) is 10.7. The van der Waals surface area contributed by atoms with E-state index in [4.69, 9.17) is 0 Å². The van der Waals surface area contributed by atoms with Crippen molar-refractivity contribution in [3.63, 3.8) is 0 Å². The average molecular weight is 259 g/mol. The van der Waals surface area contributed by atoms with Gasteiger partial charge in [-0.25, -0.2) is 4.39 Å². The highest BCUT2D eigenvalue weighted by Crippen LogP contribution is 2.39. The van der Waals surface area contributed by atoms with Gasteiger partial charge in [0.25, 0.3) is 0 Å². The van der Waals surface area contributed by atoms with Gasteiger partial charge in [-0.05, 0) is 30.2 Å². The van der Waals surface area contributed by atoms with E-state index in [1.165, 1.54) is 6.07 Å². The zero-order valence-electron chi connectivity index (χ0n) is 9.90. The summed E-state index contributed by atoms with van der Waals surface area (Å²) in [5, 5.41) is 3.48. The molecule has 1 N–H and O–H groups in total. The van der Waals surface area contributed by atoms with Crippen LogP contribution < -0.4 is 5.32 Å². The van der Waals surface area contributed by atoms with Gasteiger partial charge in [0.05, 0.1) is 6.04 Å². The van der Waals surface area contributed by atoms with Gasteiger partial charge in [-0.15, -0.1) is 11.8 Å². The Morgan fingerprint density at radius 3 is 2.72 bits per heavy atom. The normalized spacial score (nSPS) is 18.2. The highest BCUT2D eigenvalue weighted by molar-refractivity contribution is 7.99. The second kappa shape index (κ2) is 5.02. The molecule has 0 fully saturated rings. The zero-order chi connectivity index (χ0) is 12.4. The molecule has 2 aromatic rings. The second-order valence-electron chi connectivity index (χ2n) is 4.36. The fourth-order valence-electron chi connectivity index (χ4n) is 2.27. The number of fused-ring (bicyclic) bond motifs is 1. The Bertz CT molecular complexity index is 541. The van der Waals surface area contributed by atoms with Crippen molar-refractivity contribution in [2.45, 2.75) is 17.4 Å². The Labute approximate surface area is 110 Å². The smallest absolute Gasteiger partial charge is 0.137 e. The minimum atomic E-state index is -0.0999. The molecular weight excluding hydrogens is 245 g/mol. The molecule has 1 aliphatic rings. The van der Waals surface area contributed by atoms with Gasteiger partial charge in [-0.1, -0.05) is 30.3 Å². The monoisotopic (exact) mass is 259 g/mol. The summed E-state index contributed by atoms with van der Waals surface area (Å²) in [7, 11) is 0. The van der Waals surface area contributed by atoms with Crippen molar-refractivity contribution in [2.75, 3.05) is 11.1 Å². The van der Waals surface area contributed by atoms with Gasteiger partial charge in [0.2, 0.25) is 0 Å². The van der Waals surface area contributed by atoms with E-state index in [1.54, 1.807) is 17.8 Å². The van der Waals surface area contributed by atoms with E-state index in [2.05, 4.69) is 5.32 Å². The highest BCUT2D eigenvalue weighted by Gasteiger charge is 2.22. The molecule has 0 saturated heterocycles. The molecule has 1 atom stereocenters. The van der Waals surface area contributed by atoms with Crippen LogP contribution in [0, 0.1) is 5.82 Å². The van der Waals surface area contributed by atoms with Gasteiger partial charge < -0.3 is 5.32 Å². The maximum atomic E-state index is 13.7. The number of nitrogens with one attached hydrogen (secondary N) is 1. The molecule has 3 heteroatoms. The minimum absolute atomic E-state index is 0.0999. The molecule has 92 valence electrons. The second-order valence-corrected chi connectivity index (χ2v) is 5.46. The average Bonchev–Trinajstić information content (AvgIpc) is 2.41. The first-order chi connectivity index (χ1) is 8.84. The Morgan fingerprint density at radius 2 is 1.89 bits per heavy atom. The van der Waals surface area contributed by atoms with E-state index in [1.807, 2.05) is 36.4 Å². The van der Waals surface area contributed by atoms with Crippen molar-refractivity contribution >= 4 is 17.4 Å². The van der Waals surface area contributed by atoms with Gasteiger partial charge in [0.15, 0.2) is 0 Å². The lowest BCUT2D eigenvalue weighted by molar-refractivity contribution is 0.585. The van der Waals surface area contributed by atoms with E-state index >= 15 is 0 Å². The van der Waals surface area contributed by atoms with E-state index < -0.39 is 0 Å². The van der Waals surface area contributed by atoms with E-state index in [0.29, 0.717) is 0 Å². The Balaban J connectivity index is 1.90. The molecule has 1 heterocycles. The van der Waals surface area contributed by atoms with E-state index in [0.717, 1.165) is 28.3 Å². The molecule has 0 aromatic heterocycles. The van der Waals surface area contributed by atoms with Gasteiger partial charge in [0, 0.05) is 16.3 Å². The SMILES string of the molecule is Fc1cccc2c1SCCC2Nc1ccccc1. The molecule has 0 radical (unpaired) electrons. The van der Waals surface area contributed by atoms with Gasteiger partial charge >= 0.3 is 0 Å². The molecular formula is C15H14FNS. The fraction of sp³-hybridized carbons (Fsp3) is 0.200. The maximum Gasteiger partial charge on any atom is 0.137 e. The summed E-state index contributed by atoms with van der Waals surface area (Å²) in [6.07, 6.45) is 1.02. The molecule has 0 bridgehead atoms. The van der Waals surface area contributed by atoms with Crippen LogP contribution in [-0.2, 0) is 0 Å². The summed E-state index contributed by atoms with van der Waals surface area (Å²) in [5.74, 6) is 0.857. The molecule has 3 rings (SSSR count). The molecule has 1 unspecified atom stereocenters. The first-order valence-corrected chi connectivity index (χ1v) is 7.06. The number of para-hydroxylation sites is 1. The number of halogens is 1. The third-order valence-electron chi connectivity index (χ3n) is 3.14. The summed E-state index contributed by atoms with van der Waals surface area (Å²) >= 11 is 1.61. The third-order valence-corrected chi connectivity index (χ3v) is 4.30. The molecule has 0 saturated carbocycles. The van der Waals surface area contributed by atoms with Crippen LogP contribution in [-0.4, -0.2) is 5.75 Å². The van der Waals surface area contributed by atoms with E-state index in [9.17, 15) is 4.39 Å². The molecule has 1 nitrogen and oxygen atoms in total. The Hall–Kier alpha value is -1.48. The molecule has 0 spiro atoms. The summed E-state index contributed by atoms with van der Waals surface area (Å²) in [6, 6.07) is 15.6. The topological polar surface area (TPSA) is 12.0 Å². The number of rotatable bonds is 2. The van der Waals surface area contributed by atoms with Crippen molar-refractivity contribution in [3.8, 4) is 0 Å². The Kier molecular flexibility index (Phi) is 3.24. The predicted molar refractivity (Wildman–Crippen MR) is 74.5 cm³/mol. The molecule has 0 amide bonds. The van der Waals surface area contributed by atoms with Gasteiger partial charge in [0.1, 0.15) is 5.82 Å². The maximum absolute atomic E-state index is 13.7. The van der Waals surface area contributed by atoms with Crippen LogP contribution in [0.4, 0.5) is 10.1 Å². The van der Waals surface area contributed by atoms with Crippen LogP contribution in [0.5, 0.6) is 0 Å². The summed E-state index contributed by atoms with van der Waals surface area (Å²) in [5.41, 5.74) is 2.17. The summed E-state index contributed by atoms with van der Waals surface area (Å²) in [4.78, 5) is 0.803.